The summed E-state index contributed by atoms with van der Waals surface area (Å²) in [5, 5.41) is 20.2. The van der Waals surface area contributed by atoms with Crippen molar-refractivity contribution in [1.29, 1.82) is 0 Å². The lowest BCUT2D eigenvalue weighted by molar-refractivity contribution is 0.127. The number of nitrogens with one attached hydrogen (secondary N) is 1. The minimum atomic E-state index is -0.597. The first kappa shape index (κ1) is 17.8. The summed E-state index contributed by atoms with van der Waals surface area (Å²) < 4.78 is 5.82. The average molecular weight is 357 g/mol. The molecule has 0 saturated heterocycles. The molecule has 0 saturated carbocycles. The van der Waals surface area contributed by atoms with E-state index in [1.165, 1.54) is 11.8 Å². The van der Waals surface area contributed by atoms with Gasteiger partial charge in [-0.2, -0.15) is 0 Å². The third-order valence-electron chi connectivity index (χ3n) is 3.76. The zero-order chi connectivity index (χ0) is 17.9. The third-order valence-corrected chi connectivity index (χ3v) is 4.75. The number of ether oxygens (including phenoxy) is 1. The molecular formula is C19H23N3O2S. The topological polar surface area (TPSA) is 71.0 Å². The average Bonchev–Trinajstić information content (AvgIpc) is 3.07. The van der Waals surface area contributed by atoms with Gasteiger partial charge >= 0.3 is 0 Å². The lowest BCUT2D eigenvalue weighted by Gasteiger charge is -2.13. The normalized spacial score (nSPS) is 13.1. The van der Waals surface area contributed by atoms with Gasteiger partial charge < -0.3 is 9.84 Å². The highest BCUT2D eigenvalue weighted by molar-refractivity contribution is 7.99. The molecule has 132 valence electrons. The van der Waals surface area contributed by atoms with E-state index in [4.69, 9.17) is 4.74 Å². The van der Waals surface area contributed by atoms with E-state index in [9.17, 15) is 5.11 Å². The number of thioether (sulfide) groups is 1. The van der Waals surface area contributed by atoms with Crippen molar-refractivity contribution >= 4 is 22.5 Å². The number of H-pyrrole nitrogens is 1. The number of fused-ring (bicyclic) bond motifs is 1. The minimum absolute atomic E-state index is 0.0676. The Hall–Kier alpha value is -2.05. The van der Waals surface area contributed by atoms with Crippen molar-refractivity contribution in [3.8, 4) is 5.75 Å². The first-order valence-corrected chi connectivity index (χ1v) is 9.26. The smallest absolute Gasteiger partial charge is 0.208 e. The van der Waals surface area contributed by atoms with Crippen LogP contribution in [0.25, 0.3) is 10.8 Å². The van der Waals surface area contributed by atoms with Gasteiger partial charge in [0.2, 0.25) is 5.16 Å². The van der Waals surface area contributed by atoms with Crippen LogP contribution in [0, 0.1) is 0 Å². The molecule has 0 aliphatic heterocycles. The van der Waals surface area contributed by atoms with Gasteiger partial charge in [0.1, 0.15) is 18.2 Å². The number of aliphatic hydroxyl groups excluding tert-OH is 1. The summed E-state index contributed by atoms with van der Waals surface area (Å²) >= 11 is 1.42. The monoisotopic (exact) mass is 357 g/mol. The number of rotatable bonds is 6. The Labute approximate surface area is 151 Å². The Morgan fingerprint density at radius 1 is 1.16 bits per heavy atom. The Bertz CT molecular complexity index is 837. The maximum Gasteiger partial charge on any atom is 0.208 e. The molecule has 0 aliphatic carbocycles. The summed E-state index contributed by atoms with van der Waals surface area (Å²) in [6, 6.07) is 14.0. The van der Waals surface area contributed by atoms with E-state index in [-0.39, 0.29) is 12.0 Å². The van der Waals surface area contributed by atoms with E-state index in [0.717, 1.165) is 22.3 Å². The number of aromatic nitrogens is 3. The number of nitrogens with zero attached hydrogens (tertiary/aromatic N) is 2. The van der Waals surface area contributed by atoms with Gasteiger partial charge in [-0.05, 0) is 11.5 Å². The van der Waals surface area contributed by atoms with Gasteiger partial charge in [0.25, 0.3) is 0 Å². The summed E-state index contributed by atoms with van der Waals surface area (Å²) in [4.78, 5) is 4.46. The molecule has 3 aromatic rings. The van der Waals surface area contributed by atoms with Crippen LogP contribution in [0.1, 0.15) is 26.6 Å². The lowest BCUT2D eigenvalue weighted by Crippen LogP contribution is -2.20. The van der Waals surface area contributed by atoms with Crippen LogP contribution in [-0.2, 0) is 5.41 Å². The predicted molar refractivity (Wildman–Crippen MR) is 101 cm³/mol. The molecule has 1 heterocycles. The molecule has 0 fully saturated rings. The summed E-state index contributed by atoms with van der Waals surface area (Å²) in [5.41, 5.74) is -0.0676. The molecular weight excluding hydrogens is 334 g/mol. The Morgan fingerprint density at radius 3 is 2.68 bits per heavy atom. The molecule has 25 heavy (non-hydrogen) atoms. The lowest BCUT2D eigenvalue weighted by atomic mass is 9.96. The molecule has 0 amide bonds. The molecule has 2 N–H and O–H groups in total. The Kier molecular flexibility index (Phi) is 5.30. The second-order valence-electron chi connectivity index (χ2n) is 6.97. The van der Waals surface area contributed by atoms with Gasteiger partial charge in [0.05, 0.1) is 6.10 Å². The molecule has 5 nitrogen and oxygen atoms in total. The van der Waals surface area contributed by atoms with Crippen molar-refractivity contribution in [3.63, 3.8) is 0 Å². The fourth-order valence-electron chi connectivity index (χ4n) is 2.37. The molecule has 3 rings (SSSR count). The van der Waals surface area contributed by atoms with Crippen LogP contribution in [0.2, 0.25) is 0 Å². The fraction of sp³-hybridized carbons (Fsp3) is 0.368. The van der Waals surface area contributed by atoms with Gasteiger partial charge in [-0.15, -0.1) is 5.10 Å². The highest BCUT2D eigenvalue weighted by Gasteiger charge is 2.19. The van der Waals surface area contributed by atoms with E-state index in [2.05, 4.69) is 36.0 Å². The van der Waals surface area contributed by atoms with E-state index < -0.39 is 6.10 Å². The fourth-order valence-corrected chi connectivity index (χ4v) is 3.08. The standard InChI is InChI=1S/C19H23N3O2S/c1-19(2,3)17-20-18(22-21-17)25-12-14(23)11-24-16-10-6-8-13-7-4-5-9-15(13)16/h4-10,14,23H,11-12H2,1-3H3,(H,20,21,22)/t14-/m0/s1. The number of hydrogen-bond acceptors (Lipinski definition) is 5. The Morgan fingerprint density at radius 2 is 1.92 bits per heavy atom. The molecule has 6 heteroatoms. The third kappa shape index (κ3) is 4.52. The minimum Gasteiger partial charge on any atom is -0.490 e. The predicted octanol–water partition coefficient (Wildman–Crippen LogP) is 3.79. The summed E-state index contributed by atoms with van der Waals surface area (Å²) in [6.45, 7) is 6.47. The van der Waals surface area contributed by atoms with Crippen LogP contribution >= 0.6 is 11.8 Å². The molecule has 0 spiro atoms. The second kappa shape index (κ2) is 7.45. The summed E-state index contributed by atoms with van der Waals surface area (Å²) in [7, 11) is 0. The van der Waals surface area contributed by atoms with Crippen molar-refractivity contribution in [2.45, 2.75) is 37.4 Å². The zero-order valence-electron chi connectivity index (χ0n) is 14.7. The number of aliphatic hydroxyl groups is 1. The highest BCUT2D eigenvalue weighted by Crippen LogP contribution is 2.26. The van der Waals surface area contributed by atoms with Crippen molar-refractivity contribution in [1.82, 2.24) is 15.2 Å². The van der Waals surface area contributed by atoms with Crippen LogP contribution in [-0.4, -0.2) is 38.8 Å². The van der Waals surface area contributed by atoms with Crippen LogP contribution in [0.4, 0.5) is 0 Å². The van der Waals surface area contributed by atoms with Crippen molar-refractivity contribution in [2.75, 3.05) is 12.4 Å². The van der Waals surface area contributed by atoms with Gasteiger partial charge in [-0.25, -0.2) is 4.98 Å². The molecule has 0 aliphatic rings. The summed E-state index contributed by atoms with van der Waals surface area (Å²) in [6.07, 6.45) is -0.597. The first-order chi connectivity index (χ1) is 11.9. The van der Waals surface area contributed by atoms with E-state index in [0.29, 0.717) is 10.9 Å². The molecule has 0 unspecified atom stereocenters. The van der Waals surface area contributed by atoms with Crippen molar-refractivity contribution in [3.05, 3.63) is 48.3 Å². The quantitative estimate of drug-likeness (QED) is 0.657. The Balaban J connectivity index is 1.54. The number of hydrogen-bond donors (Lipinski definition) is 2. The maximum atomic E-state index is 10.2. The van der Waals surface area contributed by atoms with Gasteiger partial charge in [0, 0.05) is 16.6 Å². The highest BCUT2D eigenvalue weighted by atomic mass is 32.2. The van der Waals surface area contributed by atoms with Gasteiger partial charge in [-0.3, -0.25) is 5.10 Å². The second-order valence-corrected chi connectivity index (χ2v) is 7.96. The van der Waals surface area contributed by atoms with E-state index in [1.807, 2.05) is 42.5 Å². The maximum absolute atomic E-state index is 10.2. The SMILES string of the molecule is CC(C)(C)c1nc(SC[C@@H](O)COc2cccc3ccccc23)n[nH]1. The summed E-state index contributed by atoms with van der Waals surface area (Å²) in [5.74, 6) is 2.11. The largest absolute Gasteiger partial charge is 0.490 e. The van der Waals surface area contributed by atoms with Gasteiger partial charge in [0.15, 0.2) is 0 Å². The van der Waals surface area contributed by atoms with E-state index in [1.54, 1.807) is 0 Å². The van der Waals surface area contributed by atoms with Gasteiger partial charge in [-0.1, -0.05) is 68.9 Å². The van der Waals surface area contributed by atoms with Crippen LogP contribution < -0.4 is 4.74 Å². The number of aromatic amines is 1. The van der Waals surface area contributed by atoms with Crippen LogP contribution in [0.15, 0.2) is 47.6 Å². The molecule has 1 aromatic heterocycles. The molecule has 2 aromatic carbocycles. The molecule has 1 atom stereocenters. The van der Waals surface area contributed by atoms with Crippen molar-refractivity contribution in [2.24, 2.45) is 0 Å². The van der Waals surface area contributed by atoms with Crippen molar-refractivity contribution < 1.29 is 9.84 Å². The molecule has 0 bridgehead atoms. The zero-order valence-corrected chi connectivity index (χ0v) is 15.5. The molecule has 0 radical (unpaired) electrons. The van der Waals surface area contributed by atoms with Crippen LogP contribution in [0.3, 0.4) is 0 Å². The van der Waals surface area contributed by atoms with E-state index >= 15 is 0 Å². The first-order valence-electron chi connectivity index (χ1n) is 8.28. The number of benzene rings is 2. The van der Waals surface area contributed by atoms with Crippen LogP contribution in [0.5, 0.6) is 5.75 Å².